The van der Waals surface area contributed by atoms with Gasteiger partial charge in [-0.2, -0.15) is 0 Å². The highest BCUT2D eigenvalue weighted by atomic mass is 16.5. The van der Waals surface area contributed by atoms with Gasteiger partial charge in [0.15, 0.2) is 0 Å². The van der Waals surface area contributed by atoms with E-state index in [2.05, 4.69) is 33.8 Å². The Morgan fingerprint density at radius 2 is 2.00 bits per heavy atom. The Morgan fingerprint density at radius 3 is 2.66 bits per heavy atom. The molecule has 1 saturated heterocycles. The van der Waals surface area contributed by atoms with E-state index in [9.17, 15) is 14.7 Å². The Bertz CT molecular complexity index is 774. The van der Waals surface area contributed by atoms with Crippen molar-refractivity contribution in [2.24, 2.45) is 29.1 Å². The Balaban J connectivity index is 1.74. The second-order valence-corrected chi connectivity index (χ2v) is 11.0. The van der Waals surface area contributed by atoms with E-state index in [1.807, 2.05) is 6.08 Å². The Morgan fingerprint density at radius 1 is 1.28 bits per heavy atom. The van der Waals surface area contributed by atoms with Crippen molar-refractivity contribution in [1.29, 1.82) is 0 Å². The predicted molar refractivity (Wildman–Crippen MR) is 112 cm³/mol. The number of aldehydes is 1. The summed E-state index contributed by atoms with van der Waals surface area (Å²) < 4.78 is 6.79. The fourth-order valence-corrected chi connectivity index (χ4v) is 7.28. The zero-order valence-corrected chi connectivity index (χ0v) is 18.5. The maximum Gasteiger partial charge on any atom is 0.146 e. The van der Waals surface area contributed by atoms with Gasteiger partial charge in [0.1, 0.15) is 12.1 Å². The van der Waals surface area contributed by atoms with Crippen molar-refractivity contribution in [2.75, 3.05) is 0 Å². The lowest BCUT2D eigenvalue weighted by Crippen LogP contribution is -2.46. The minimum atomic E-state index is -1.04. The SMILES string of the molecule is CC(C)=C[C@H]1C[C@H](C)[C@]2(CC[C@@]3(C)C[C@@H]4[C@H](C(=O)C[C@]4(C)O)/C(C=O)=C/C[C@@H]32)O1. The maximum absolute atomic E-state index is 12.7. The topological polar surface area (TPSA) is 63.6 Å². The number of ketones is 1. The van der Waals surface area contributed by atoms with Gasteiger partial charge in [-0.25, -0.2) is 0 Å². The van der Waals surface area contributed by atoms with Gasteiger partial charge in [0.2, 0.25) is 0 Å². The van der Waals surface area contributed by atoms with Crippen LogP contribution in [0.2, 0.25) is 0 Å². The van der Waals surface area contributed by atoms with Crippen LogP contribution < -0.4 is 0 Å². The summed E-state index contributed by atoms with van der Waals surface area (Å²) in [5, 5.41) is 11.1. The minimum absolute atomic E-state index is 0.00341. The first-order valence-electron chi connectivity index (χ1n) is 11.3. The first-order chi connectivity index (χ1) is 13.5. The number of fused-ring (bicyclic) bond motifs is 3. The zero-order chi connectivity index (χ0) is 21.2. The second kappa shape index (κ2) is 6.88. The van der Waals surface area contributed by atoms with Gasteiger partial charge in [-0.15, -0.1) is 0 Å². The van der Waals surface area contributed by atoms with E-state index in [0.717, 1.165) is 38.4 Å². The number of aliphatic hydroxyl groups is 1. The summed E-state index contributed by atoms with van der Waals surface area (Å²) in [6.45, 7) is 10.7. The fourth-order valence-electron chi connectivity index (χ4n) is 7.28. The molecule has 1 heterocycles. The van der Waals surface area contributed by atoms with Gasteiger partial charge in [-0.3, -0.25) is 9.59 Å². The zero-order valence-electron chi connectivity index (χ0n) is 18.5. The molecule has 0 aromatic heterocycles. The van der Waals surface area contributed by atoms with E-state index in [1.54, 1.807) is 6.92 Å². The first-order valence-corrected chi connectivity index (χ1v) is 11.3. The van der Waals surface area contributed by atoms with Crippen molar-refractivity contribution in [3.63, 3.8) is 0 Å². The molecule has 1 N–H and O–H groups in total. The number of carbonyl (C=O) groups is 2. The van der Waals surface area contributed by atoms with Crippen LogP contribution in [0.3, 0.4) is 0 Å². The molecule has 0 aromatic carbocycles. The van der Waals surface area contributed by atoms with Crippen LogP contribution in [-0.2, 0) is 14.3 Å². The molecule has 8 atom stereocenters. The van der Waals surface area contributed by atoms with Gasteiger partial charge in [-0.1, -0.05) is 31.6 Å². The van der Waals surface area contributed by atoms with Crippen molar-refractivity contribution in [2.45, 2.75) is 90.4 Å². The molecule has 0 amide bonds. The number of hydrogen-bond acceptors (Lipinski definition) is 4. The molecule has 160 valence electrons. The summed E-state index contributed by atoms with van der Waals surface area (Å²) in [5.41, 5.74) is 0.628. The highest BCUT2D eigenvalue weighted by Gasteiger charge is 2.63. The van der Waals surface area contributed by atoms with Gasteiger partial charge >= 0.3 is 0 Å². The average Bonchev–Trinajstić information content (AvgIpc) is 3.12. The molecule has 1 aliphatic heterocycles. The molecule has 4 rings (SSSR count). The average molecular weight is 401 g/mol. The fraction of sp³-hybridized carbons (Fsp3) is 0.760. The maximum atomic E-state index is 12.7. The highest BCUT2D eigenvalue weighted by Crippen LogP contribution is 2.64. The summed E-state index contributed by atoms with van der Waals surface area (Å²) in [5.74, 6) is 0.117. The van der Waals surface area contributed by atoms with Crippen LogP contribution >= 0.6 is 0 Å². The summed E-state index contributed by atoms with van der Waals surface area (Å²) >= 11 is 0. The lowest BCUT2D eigenvalue weighted by Gasteiger charge is -2.45. The molecule has 0 aromatic rings. The molecule has 4 aliphatic rings. The quantitative estimate of drug-likeness (QED) is 0.551. The third kappa shape index (κ3) is 3.18. The van der Waals surface area contributed by atoms with Crippen molar-refractivity contribution >= 4 is 12.1 Å². The molecule has 4 heteroatoms. The van der Waals surface area contributed by atoms with Gasteiger partial charge in [0.25, 0.3) is 0 Å². The molecular weight excluding hydrogens is 364 g/mol. The molecule has 0 unspecified atom stereocenters. The van der Waals surface area contributed by atoms with Crippen LogP contribution in [0.4, 0.5) is 0 Å². The van der Waals surface area contributed by atoms with E-state index in [1.165, 1.54) is 5.57 Å². The molecular formula is C25H36O4. The molecule has 0 bridgehead atoms. The first kappa shape index (κ1) is 21.0. The summed E-state index contributed by atoms with van der Waals surface area (Å²) in [7, 11) is 0. The summed E-state index contributed by atoms with van der Waals surface area (Å²) in [6, 6.07) is 0. The highest BCUT2D eigenvalue weighted by molar-refractivity contribution is 5.94. The van der Waals surface area contributed by atoms with Crippen LogP contribution in [0.5, 0.6) is 0 Å². The smallest absolute Gasteiger partial charge is 0.146 e. The van der Waals surface area contributed by atoms with Gasteiger partial charge < -0.3 is 9.84 Å². The van der Waals surface area contributed by atoms with Gasteiger partial charge in [0.05, 0.1) is 23.2 Å². The minimum Gasteiger partial charge on any atom is -0.389 e. The monoisotopic (exact) mass is 400 g/mol. The number of carbonyl (C=O) groups excluding carboxylic acids is 2. The van der Waals surface area contributed by atoms with E-state index in [-0.39, 0.29) is 35.2 Å². The van der Waals surface area contributed by atoms with Crippen molar-refractivity contribution in [1.82, 2.24) is 0 Å². The number of hydrogen-bond donors (Lipinski definition) is 1. The van der Waals surface area contributed by atoms with Crippen molar-refractivity contribution in [3.05, 3.63) is 23.3 Å². The number of rotatable bonds is 2. The van der Waals surface area contributed by atoms with E-state index in [4.69, 9.17) is 4.74 Å². The Hall–Kier alpha value is -1.26. The normalized spacial score (nSPS) is 51.0. The largest absolute Gasteiger partial charge is 0.389 e. The molecule has 4 nitrogen and oxygen atoms in total. The van der Waals surface area contributed by atoms with Crippen LogP contribution in [0, 0.1) is 29.1 Å². The third-order valence-electron chi connectivity index (χ3n) is 8.68. The molecule has 1 spiro atoms. The molecule has 3 aliphatic carbocycles. The van der Waals surface area contributed by atoms with E-state index >= 15 is 0 Å². The second-order valence-electron chi connectivity index (χ2n) is 11.0. The van der Waals surface area contributed by atoms with Crippen LogP contribution in [0.15, 0.2) is 23.3 Å². The van der Waals surface area contributed by atoms with E-state index < -0.39 is 11.5 Å². The van der Waals surface area contributed by atoms with Crippen LogP contribution in [-0.4, -0.2) is 34.5 Å². The van der Waals surface area contributed by atoms with Crippen molar-refractivity contribution in [3.8, 4) is 0 Å². The number of ether oxygens (including phenoxy) is 1. The lowest BCUT2D eigenvalue weighted by atomic mass is 9.62. The Labute approximate surface area is 174 Å². The van der Waals surface area contributed by atoms with Gasteiger partial charge in [-0.05, 0) is 75.7 Å². The molecule has 0 radical (unpaired) electrons. The number of Topliss-reactive ketones (excluding diaryl/α,β-unsaturated/α-hetero) is 1. The molecule has 2 saturated carbocycles. The van der Waals surface area contributed by atoms with Crippen LogP contribution in [0.25, 0.3) is 0 Å². The van der Waals surface area contributed by atoms with E-state index in [0.29, 0.717) is 17.4 Å². The van der Waals surface area contributed by atoms with Crippen molar-refractivity contribution < 1.29 is 19.4 Å². The third-order valence-corrected chi connectivity index (χ3v) is 8.68. The van der Waals surface area contributed by atoms with Gasteiger partial charge in [0, 0.05) is 12.3 Å². The lowest BCUT2D eigenvalue weighted by molar-refractivity contribution is -0.122. The molecule has 29 heavy (non-hydrogen) atoms. The predicted octanol–water partition coefficient (Wildman–Crippen LogP) is 4.41. The summed E-state index contributed by atoms with van der Waals surface area (Å²) in [6.07, 6.45) is 10.0. The standard InChI is InChI=1S/C25H36O4/c1-15(2)10-18-11-16(3)25(29-18)9-8-23(4)12-19-22(20(27)13-24(19,5)28)17(14-26)6-7-21(23)25/h6,10,14,16,18-19,21-22,28H,7-9,11-13H2,1-5H3/b17-6+/t16-,18-,19+,21-,22+,23-,24-,25-/m0/s1. The molecule has 3 fully saturated rings. The number of allylic oxidation sites excluding steroid dienone is 3. The Kier molecular flexibility index (Phi) is 4.98. The van der Waals surface area contributed by atoms with Crippen LogP contribution in [0.1, 0.15) is 73.1 Å². The summed E-state index contributed by atoms with van der Waals surface area (Å²) in [4.78, 5) is 24.6.